The lowest BCUT2D eigenvalue weighted by molar-refractivity contribution is -0.123. The van der Waals surface area contributed by atoms with E-state index in [2.05, 4.69) is 35.1 Å². The molecule has 0 bridgehead atoms. The number of carbonyl (C=O) groups excluding carboxylic acids is 1. The van der Waals surface area contributed by atoms with Gasteiger partial charge in [0, 0.05) is 22.1 Å². The number of amides is 1. The second-order valence-electron chi connectivity index (χ2n) is 6.20. The normalized spacial score (nSPS) is 10.6. The van der Waals surface area contributed by atoms with Gasteiger partial charge in [-0.25, -0.2) is 0 Å². The van der Waals surface area contributed by atoms with Crippen molar-refractivity contribution in [2.75, 3.05) is 20.8 Å². The number of nitrogens with one attached hydrogen (secondary N) is 1. The van der Waals surface area contributed by atoms with Gasteiger partial charge >= 0.3 is 0 Å². The van der Waals surface area contributed by atoms with Crippen LogP contribution in [0.4, 0.5) is 0 Å². The van der Waals surface area contributed by atoms with Crippen LogP contribution in [0.15, 0.2) is 34.8 Å². The first-order valence-electron chi connectivity index (χ1n) is 8.45. The van der Waals surface area contributed by atoms with Crippen molar-refractivity contribution in [1.29, 1.82) is 0 Å². The van der Waals surface area contributed by atoms with Gasteiger partial charge in [0.05, 0.1) is 14.2 Å². The van der Waals surface area contributed by atoms with Crippen LogP contribution in [0.1, 0.15) is 30.9 Å². The molecule has 0 aromatic heterocycles. The maximum Gasteiger partial charge on any atom is 0.258 e. The molecule has 0 radical (unpaired) electrons. The van der Waals surface area contributed by atoms with Crippen molar-refractivity contribution < 1.29 is 19.0 Å². The number of halogens is 2. The van der Waals surface area contributed by atoms with Crippen molar-refractivity contribution in [2.24, 2.45) is 0 Å². The first-order valence-corrected chi connectivity index (χ1v) is 9.62. The molecule has 0 heterocycles. The second-order valence-corrected chi connectivity index (χ2v) is 7.52. The summed E-state index contributed by atoms with van der Waals surface area (Å²) >= 11 is 9.70. The number of hydrogen-bond acceptors (Lipinski definition) is 4. The molecule has 0 unspecified atom stereocenters. The van der Waals surface area contributed by atoms with E-state index in [1.165, 1.54) is 0 Å². The molecule has 27 heavy (non-hydrogen) atoms. The molecule has 0 saturated heterocycles. The van der Waals surface area contributed by atoms with Gasteiger partial charge in [0.25, 0.3) is 5.91 Å². The predicted octanol–water partition coefficient (Wildman–Crippen LogP) is 4.94. The van der Waals surface area contributed by atoms with Crippen molar-refractivity contribution in [3.63, 3.8) is 0 Å². The minimum Gasteiger partial charge on any atom is -0.493 e. The Balaban J connectivity index is 1.98. The third kappa shape index (κ3) is 5.78. The fraction of sp³-hybridized carbons (Fsp3) is 0.350. The summed E-state index contributed by atoms with van der Waals surface area (Å²) in [7, 11) is 3.09. The topological polar surface area (TPSA) is 56.8 Å². The van der Waals surface area contributed by atoms with Crippen molar-refractivity contribution in [3.8, 4) is 17.2 Å². The molecule has 0 aliphatic carbocycles. The Morgan fingerprint density at radius 3 is 2.41 bits per heavy atom. The van der Waals surface area contributed by atoms with Crippen molar-refractivity contribution in [3.05, 3.63) is 51.0 Å². The highest BCUT2D eigenvalue weighted by atomic mass is 79.9. The second kappa shape index (κ2) is 9.85. The molecule has 2 aromatic carbocycles. The lowest BCUT2D eigenvalue weighted by Gasteiger charge is -2.15. The third-order valence-corrected chi connectivity index (χ3v) is 4.83. The Morgan fingerprint density at radius 1 is 1.11 bits per heavy atom. The number of carbonyl (C=O) groups is 1. The molecule has 2 rings (SSSR count). The van der Waals surface area contributed by atoms with Gasteiger partial charge in [0.15, 0.2) is 18.1 Å². The maximum atomic E-state index is 12.2. The van der Waals surface area contributed by atoms with Crippen LogP contribution in [0.25, 0.3) is 0 Å². The zero-order valence-electron chi connectivity index (χ0n) is 15.8. The molecule has 1 N–H and O–H groups in total. The lowest BCUT2D eigenvalue weighted by Crippen LogP contribution is -2.28. The fourth-order valence-electron chi connectivity index (χ4n) is 2.52. The van der Waals surface area contributed by atoms with Gasteiger partial charge in [-0.05, 0) is 41.3 Å². The highest BCUT2D eigenvalue weighted by Gasteiger charge is 2.13. The molecule has 5 nitrogen and oxygen atoms in total. The highest BCUT2D eigenvalue weighted by molar-refractivity contribution is 9.10. The van der Waals surface area contributed by atoms with Gasteiger partial charge < -0.3 is 19.5 Å². The van der Waals surface area contributed by atoms with Crippen molar-refractivity contribution >= 4 is 33.4 Å². The van der Waals surface area contributed by atoms with Crippen molar-refractivity contribution in [1.82, 2.24) is 5.32 Å². The number of benzene rings is 2. The molecule has 146 valence electrons. The molecule has 0 aliphatic rings. The van der Waals surface area contributed by atoms with Crippen LogP contribution in [0, 0.1) is 0 Å². The number of hydrogen-bond donors (Lipinski definition) is 1. The molecule has 1 amide bonds. The van der Waals surface area contributed by atoms with Gasteiger partial charge in [0.2, 0.25) is 0 Å². The zero-order valence-corrected chi connectivity index (χ0v) is 18.1. The number of ether oxygens (including phenoxy) is 3. The summed E-state index contributed by atoms with van der Waals surface area (Å²) in [6, 6.07) is 9.16. The predicted molar refractivity (Wildman–Crippen MR) is 110 cm³/mol. The van der Waals surface area contributed by atoms with Crippen LogP contribution in [-0.4, -0.2) is 26.7 Å². The summed E-state index contributed by atoms with van der Waals surface area (Å²) in [5.41, 5.74) is 1.77. The summed E-state index contributed by atoms with van der Waals surface area (Å²) in [5, 5.41) is 3.29. The van der Waals surface area contributed by atoms with E-state index in [4.69, 9.17) is 25.8 Å². The minimum absolute atomic E-state index is 0.0771. The first kappa shape index (κ1) is 21.4. The standard InChI is InChI=1S/C20H23BrClNO4/c1-12(2)15-8-14(21)5-6-17(15)27-11-20(24)23-10-13-7-18(25-3)19(26-4)9-16(13)22/h5-9,12H,10-11H2,1-4H3,(H,23,24). The van der Waals surface area contributed by atoms with Gasteiger partial charge in [-0.1, -0.05) is 41.4 Å². The SMILES string of the molecule is COc1cc(Cl)c(CNC(=O)COc2ccc(Br)cc2C(C)C)cc1OC. The van der Waals surface area contributed by atoms with E-state index < -0.39 is 0 Å². The maximum absolute atomic E-state index is 12.2. The average molecular weight is 457 g/mol. The number of rotatable bonds is 8. The molecule has 0 fully saturated rings. The van der Waals surface area contributed by atoms with E-state index in [9.17, 15) is 4.79 Å². The molecular weight excluding hydrogens is 434 g/mol. The van der Waals surface area contributed by atoms with Crippen molar-refractivity contribution in [2.45, 2.75) is 26.3 Å². The van der Waals surface area contributed by atoms with Crippen LogP contribution < -0.4 is 19.5 Å². The largest absolute Gasteiger partial charge is 0.493 e. The fourth-order valence-corrected chi connectivity index (χ4v) is 3.12. The van der Waals surface area contributed by atoms with E-state index in [0.29, 0.717) is 22.3 Å². The molecule has 7 heteroatoms. The molecule has 0 aliphatic heterocycles. The molecule has 0 atom stereocenters. The third-order valence-electron chi connectivity index (χ3n) is 3.98. The Hall–Kier alpha value is -1.92. The molecular formula is C20H23BrClNO4. The zero-order chi connectivity index (χ0) is 20.0. The lowest BCUT2D eigenvalue weighted by atomic mass is 10.0. The summed E-state index contributed by atoms with van der Waals surface area (Å²) in [5.74, 6) is 1.84. The Kier molecular flexibility index (Phi) is 7.80. The smallest absolute Gasteiger partial charge is 0.258 e. The molecule has 2 aromatic rings. The summed E-state index contributed by atoms with van der Waals surface area (Å²) in [6.07, 6.45) is 0. The van der Waals surface area contributed by atoms with Crippen LogP contribution in [0.2, 0.25) is 5.02 Å². The minimum atomic E-state index is -0.238. The number of methoxy groups -OCH3 is 2. The van der Waals surface area contributed by atoms with Crippen LogP contribution >= 0.6 is 27.5 Å². The van der Waals surface area contributed by atoms with Gasteiger partial charge in [-0.15, -0.1) is 0 Å². The summed E-state index contributed by atoms with van der Waals surface area (Å²) in [6.45, 7) is 4.34. The average Bonchev–Trinajstić information content (AvgIpc) is 2.65. The Labute approximate surface area is 173 Å². The van der Waals surface area contributed by atoms with Gasteiger partial charge in [-0.2, -0.15) is 0 Å². The van der Waals surface area contributed by atoms with E-state index in [0.717, 1.165) is 15.6 Å². The van der Waals surface area contributed by atoms with Crippen LogP contribution in [-0.2, 0) is 11.3 Å². The Morgan fingerprint density at radius 2 is 1.78 bits per heavy atom. The molecule has 0 saturated carbocycles. The Bertz CT molecular complexity index is 811. The first-order chi connectivity index (χ1) is 12.8. The van der Waals surface area contributed by atoms with E-state index >= 15 is 0 Å². The van der Waals surface area contributed by atoms with E-state index in [-0.39, 0.29) is 25.0 Å². The monoisotopic (exact) mass is 455 g/mol. The highest BCUT2D eigenvalue weighted by Crippen LogP contribution is 2.33. The summed E-state index contributed by atoms with van der Waals surface area (Å²) < 4.78 is 17.2. The summed E-state index contributed by atoms with van der Waals surface area (Å²) in [4.78, 5) is 12.2. The van der Waals surface area contributed by atoms with E-state index in [1.54, 1.807) is 26.4 Å². The molecule has 0 spiro atoms. The van der Waals surface area contributed by atoms with Crippen LogP contribution in [0.5, 0.6) is 17.2 Å². The van der Waals surface area contributed by atoms with E-state index in [1.807, 2.05) is 18.2 Å². The van der Waals surface area contributed by atoms with Crippen LogP contribution in [0.3, 0.4) is 0 Å². The van der Waals surface area contributed by atoms with Gasteiger partial charge in [0.1, 0.15) is 5.75 Å². The van der Waals surface area contributed by atoms with Gasteiger partial charge in [-0.3, -0.25) is 4.79 Å². The quantitative estimate of drug-likeness (QED) is 0.611.